The molecule has 4 rings (SSSR count). The number of halogens is 3. The number of ketones is 1. The van der Waals surface area contributed by atoms with Crippen LogP contribution in [0.5, 0.6) is 0 Å². The van der Waals surface area contributed by atoms with Gasteiger partial charge in [-0.1, -0.05) is 6.07 Å². The van der Waals surface area contributed by atoms with Crippen LogP contribution in [0.15, 0.2) is 18.2 Å². The van der Waals surface area contributed by atoms with Gasteiger partial charge in [-0.2, -0.15) is 13.2 Å². The van der Waals surface area contributed by atoms with Crippen LogP contribution in [-0.2, 0) is 10.9 Å². The van der Waals surface area contributed by atoms with E-state index in [1.165, 1.54) is 25.0 Å². The van der Waals surface area contributed by atoms with Crippen molar-refractivity contribution in [1.29, 1.82) is 0 Å². The van der Waals surface area contributed by atoms with E-state index in [9.17, 15) is 18.0 Å². The molecule has 3 nitrogen and oxygen atoms in total. The van der Waals surface area contributed by atoms with E-state index in [4.69, 9.17) is 4.74 Å². The summed E-state index contributed by atoms with van der Waals surface area (Å²) < 4.78 is 44.9. The minimum absolute atomic E-state index is 0.0367. The maximum absolute atomic E-state index is 13.1. The Morgan fingerprint density at radius 3 is 2.56 bits per heavy atom. The van der Waals surface area contributed by atoms with Crippen LogP contribution in [0.2, 0.25) is 0 Å². The summed E-state index contributed by atoms with van der Waals surface area (Å²) in [7, 11) is 0. The Bertz CT molecular complexity index is 693. The molecule has 2 aliphatic heterocycles. The van der Waals surface area contributed by atoms with E-state index >= 15 is 0 Å². The van der Waals surface area contributed by atoms with Crippen LogP contribution in [-0.4, -0.2) is 43.0 Å². The standard InChI is InChI=1S/C21H26F3NO2/c22-21(23,24)16-5-6-17(18(12-16)14-3-4-14)20(26)11-15-13-27-10-7-19(15)25-8-1-2-9-25/h5-6,12,14-15,19H,1-4,7-11,13H2/t15-,19-/m1/s1. The van der Waals surface area contributed by atoms with Crippen LogP contribution in [0.3, 0.4) is 0 Å². The number of carbonyl (C=O) groups excluding carboxylic acids is 1. The van der Waals surface area contributed by atoms with Crippen molar-refractivity contribution in [3.63, 3.8) is 0 Å². The largest absolute Gasteiger partial charge is 0.416 e. The maximum Gasteiger partial charge on any atom is 0.416 e. The Hall–Kier alpha value is -1.40. The molecule has 0 amide bonds. The van der Waals surface area contributed by atoms with E-state index in [0.29, 0.717) is 30.2 Å². The molecule has 0 bridgehead atoms. The van der Waals surface area contributed by atoms with Crippen molar-refractivity contribution in [2.24, 2.45) is 5.92 Å². The predicted molar refractivity (Wildman–Crippen MR) is 95.9 cm³/mol. The zero-order valence-electron chi connectivity index (χ0n) is 15.4. The fourth-order valence-electron chi connectivity index (χ4n) is 4.61. The Kier molecular flexibility index (Phi) is 5.30. The third kappa shape index (κ3) is 4.21. The number of benzene rings is 1. The number of rotatable bonds is 5. The molecule has 27 heavy (non-hydrogen) atoms. The number of ether oxygens (including phenoxy) is 1. The van der Waals surface area contributed by atoms with Gasteiger partial charge < -0.3 is 4.74 Å². The highest BCUT2D eigenvalue weighted by Crippen LogP contribution is 2.44. The molecule has 2 heterocycles. The summed E-state index contributed by atoms with van der Waals surface area (Å²) >= 11 is 0. The summed E-state index contributed by atoms with van der Waals surface area (Å²) in [6.45, 7) is 3.43. The summed E-state index contributed by atoms with van der Waals surface area (Å²) in [4.78, 5) is 15.5. The molecular weight excluding hydrogens is 355 g/mol. The average Bonchev–Trinajstić information content (AvgIpc) is 3.35. The second kappa shape index (κ2) is 7.55. The van der Waals surface area contributed by atoms with Crippen LogP contribution < -0.4 is 0 Å². The van der Waals surface area contributed by atoms with Crippen molar-refractivity contribution in [3.05, 3.63) is 34.9 Å². The highest BCUT2D eigenvalue weighted by Gasteiger charge is 2.37. The molecule has 0 N–H and O–H groups in total. The first-order valence-electron chi connectivity index (χ1n) is 9.99. The summed E-state index contributed by atoms with van der Waals surface area (Å²) in [5, 5.41) is 0. The van der Waals surface area contributed by atoms with Gasteiger partial charge in [0, 0.05) is 30.6 Å². The van der Waals surface area contributed by atoms with Crippen molar-refractivity contribution >= 4 is 5.78 Å². The van der Waals surface area contributed by atoms with Gasteiger partial charge >= 0.3 is 6.18 Å². The van der Waals surface area contributed by atoms with Crippen molar-refractivity contribution in [1.82, 2.24) is 4.90 Å². The van der Waals surface area contributed by atoms with Gasteiger partial charge in [-0.25, -0.2) is 0 Å². The molecule has 0 spiro atoms. The highest BCUT2D eigenvalue weighted by molar-refractivity contribution is 5.98. The molecule has 6 heteroatoms. The molecule has 148 valence electrons. The molecule has 1 aliphatic carbocycles. The van der Waals surface area contributed by atoms with Gasteiger partial charge in [0.2, 0.25) is 0 Å². The van der Waals surface area contributed by atoms with Crippen molar-refractivity contribution in [2.45, 2.75) is 56.7 Å². The van der Waals surface area contributed by atoms with Crippen molar-refractivity contribution in [3.8, 4) is 0 Å². The molecular formula is C21H26F3NO2. The lowest BCUT2D eigenvalue weighted by atomic mass is 9.86. The smallest absolute Gasteiger partial charge is 0.381 e. The van der Waals surface area contributed by atoms with Gasteiger partial charge in [0.15, 0.2) is 5.78 Å². The summed E-state index contributed by atoms with van der Waals surface area (Å²) in [6, 6.07) is 3.99. The van der Waals surface area contributed by atoms with E-state index < -0.39 is 11.7 Å². The summed E-state index contributed by atoms with van der Waals surface area (Å²) in [6.07, 6.45) is 1.04. The predicted octanol–water partition coefficient (Wildman–Crippen LogP) is 4.66. The van der Waals surface area contributed by atoms with Crippen LogP contribution in [0, 0.1) is 5.92 Å². The van der Waals surface area contributed by atoms with Crippen LogP contribution >= 0.6 is 0 Å². The van der Waals surface area contributed by atoms with Crippen molar-refractivity contribution < 1.29 is 22.7 Å². The topological polar surface area (TPSA) is 29.5 Å². The normalized spacial score (nSPS) is 27.1. The number of alkyl halides is 3. The Morgan fingerprint density at radius 2 is 1.89 bits per heavy atom. The zero-order chi connectivity index (χ0) is 19.0. The molecule has 3 aliphatic rings. The highest BCUT2D eigenvalue weighted by atomic mass is 19.4. The van der Waals surface area contributed by atoms with Gasteiger partial charge in [-0.3, -0.25) is 9.69 Å². The number of hydrogen-bond acceptors (Lipinski definition) is 3. The van der Waals surface area contributed by atoms with Gasteiger partial charge in [0.25, 0.3) is 0 Å². The first-order chi connectivity index (χ1) is 12.9. The fraction of sp³-hybridized carbons (Fsp3) is 0.667. The number of carbonyl (C=O) groups is 1. The fourth-order valence-corrected chi connectivity index (χ4v) is 4.61. The van der Waals surface area contributed by atoms with E-state index in [1.54, 1.807) is 0 Å². The van der Waals surface area contributed by atoms with E-state index in [2.05, 4.69) is 4.90 Å². The van der Waals surface area contributed by atoms with Crippen LogP contribution in [0.1, 0.15) is 65.9 Å². The molecule has 0 aromatic heterocycles. The van der Waals surface area contributed by atoms with E-state index in [0.717, 1.165) is 45.0 Å². The number of nitrogens with zero attached hydrogens (tertiary/aromatic N) is 1. The lowest BCUT2D eigenvalue weighted by Crippen LogP contribution is -2.45. The van der Waals surface area contributed by atoms with Gasteiger partial charge in [0.1, 0.15) is 0 Å². The van der Waals surface area contributed by atoms with E-state index in [-0.39, 0.29) is 17.6 Å². The Balaban J connectivity index is 1.53. The van der Waals surface area contributed by atoms with Crippen molar-refractivity contribution in [2.75, 3.05) is 26.3 Å². The molecule has 2 atom stereocenters. The quantitative estimate of drug-likeness (QED) is 0.695. The second-order valence-electron chi connectivity index (χ2n) is 8.14. The molecule has 3 fully saturated rings. The van der Waals surface area contributed by atoms with Gasteiger partial charge in [-0.15, -0.1) is 0 Å². The third-order valence-corrected chi connectivity index (χ3v) is 6.19. The average molecular weight is 381 g/mol. The molecule has 1 saturated carbocycles. The number of hydrogen-bond donors (Lipinski definition) is 0. The zero-order valence-corrected chi connectivity index (χ0v) is 15.4. The molecule has 1 aromatic carbocycles. The van der Waals surface area contributed by atoms with Crippen LogP contribution in [0.4, 0.5) is 13.2 Å². The SMILES string of the molecule is O=C(C[C@@H]1COCC[C@H]1N1CCCC1)c1ccc(C(F)(F)F)cc1C1CC1. The Labute approximate surface area is 157 Å². The lowest BCUT2D eigenvalue weighted by molar-refractivity contribution is -0.137. The molecule has 0 unspecified atom stereocenters. The van der Waals surface area contributed by atoms with Gasteiger partial charge in [0.05, 0.1) is 12.2 Å². The number of Topliss-reactive ketones (excluding diaryl/α,β-unsaturated/α-hetero) is 1. The monoisotopic (exact) mass is 381 g/mol. The van der Waals surface area contributed by atoms with E-state index in [1.807, 2.05) is 0 Å². The first kappa shape index (κ1) is 18.9. The summed E-state index contributed by atoms with van der Waals surface area (Å²) in [5.41, 5.74) is 0.414. The molecule has 2 saturated heterocycles. The van der Waals surface area contributed by atoms with Gasteiger partial charge in [-0.05, 0) is 68.8 Å². The maximum atomic E-state index is 13.1. The summed E-state index contributed by atoms with van der Waals surface area (Å²) in [5.74, 6) is 0.187. The Morgan fingerprint density at radius 1 is 1.15 bits per heavy atom. The lowest BCUT2D eigenvalue weighted by Gasteiger charge is -2.37. The molecule has 1 aromatic rings. The second-order valence-corrected chi connectivity index (χ2v) is 8.14. The number of likely N-dealkylation sites (tertiary alicyclic amines) is 1. The molecule has 0 radical (unpaired) electrons. The first-order valence-corrected chi connectivity index (χ1v) is 9.99. The minimum atomic E-state index is -4.37. The van der Waals surface area contributed by atoms with Crippen LogP contribution in [0.25, 0.3) is 0 Å². The minimum Gasteiger partial charge on any atom is -0.381 e. The third-order valence-electron chi connectivity index (χ3n) is 6.19.